The van der Waals surface area contributed by atoms with E-state index in [0.717, 1.165) is 25.6 Å². The van der Waals surface area contributed by atoms with Crippen molar-refractivity contribution in [1.29, 1.82) is 0 Å². The molecular weight excluding hydrogens is 174 g/mol. The second kappa shape index (κ2) is 6.38. The Morgan fingerprint density at radius 1 is 1.50 bits per heavy atom. The first-order chi connectivity index (χ1) is 6.68. The Hall–Kier alpha value is -0.120. The summed E-state index contributed by atoms with van der Waals surface area (Å²) in [4.78, 5) is 2.39. The smallest absolute Gasteiger partial charge is 0.0320 e. The maximum absolute atomic E-state index is 3.53. The minimum absolute atomic E-state index is 0.640. The molecule has 1 saturated heterocycles. The minimum atomic E-state index is 0.640. The van der Waals surface area contributed by atoms with E-state index in [0.29, 0.717) is 6.04 Å². The lowest BCUT2D eigenvalue weighted by molar-refractivity contribution is 0.234. The number of likely N-dealkylation sites (N-methyl/N-ethyl adjacent to an activating group) is 1. The third-order valence-corrected chi connectivity index (χ3v) is 2.75. The van der Waals surface area contributed by atoms with Gasteiger partial charge in [-0.3, -0.25) is 0 Å². The summed E-state index contributed by atoms with van der Waals surface area (Å²) >= 11 is 0. The monoisotopic (exact) mass is 199 g/mol. The summed E-state index contributed by atoms with van der Waals surface area (Å²) in [5.41, 5.74) is 0. The van der Waals surface area contributed by atoms with Crippen molar-refractivity contribution in [3.05, 3.63) is 0 Å². The summed E-state index contributed by atoms with van der Waals surface area (Å²) in [6, 6.07) is 0.640. The molecular formula is C11H25N3. The zero-order valence-electron chi connectivity index (χ0n) is 9.84. The summed E-state index contributed by atoms with van der Waals surface area (Å²) in [6.07, 6.45) is 1.28. The van der Waals surface area contributed by atoms with Crippen LogP contribution in [0.4, 0.5) is 0 Å². The van der Waals surface area contributed by atoms with Crippen molar-refractivity contribution in [1.82, 2.24) is 15.5 Å². The van der Waals surface area contributed by atoms with Gasteiger partial charge in [-0.1, -0.05) is 13.8 Å². The molecule has 0 amide bonds. The van der Waals surface area contributed by atoms with Gasteiger partial charge in [-0.2, -0.15) is 0 Å². The lowest BCUT2D eigenvalue weighted by Gasteiger charge is -2.31. The molecule has 1 atom stereocenters. The van der Waals surface area contributed by atoms with E-state index in [2.05, 4.69) is 36.4 Å². The summed E-state index contributed by atoms with van der Waals surface area (Å²) < 4.78 is 0. The Balaban J connectivity index is 2.00. The maximum atomic E-state index is 3.53. The third kappa shape index (κ3) is 4.94. The molecule has 84 valence electrons. The topological polar surface area (TPSA) is 27.3 Å². The molecule has 14 heavy (non-hydrogen) atoms. The van der Waals surface area contributed by atoms with Crippen LogP contribution in [-0.4, -0.2) is 50.7 Å². The van der Waals surface area contributed by atoms with Crippen LogP contribution >= 0.6 is 0 Å². The molecule has 1 unspecified atom stereocenters. The third-order valence-electron chi connectivity index (χ3n) is 2.75. The summed E-state index contributed by atoms with van der Waals surface area (Å²) in [5.74, 6) is 0.810. The molecule has 2 N–H and O–H groups in total. The summed E-state index contributed by atoms with van der Waals surface area (Å²) in [7, 11) is 2.20. The van der Waals surface area contributed by atoms with E-state index in [1.54, 1.807) is 0 Å². The van der Waals surface area contributed by atoms with E-state index in [9.17, 15) is 0 Å². The molecule has 1 rings (SSSR count). The van der Waals surface area contributed by atoms with Gasteiger partial charge in [0.1, 0.15) is 0 Å². The van der Waals surface area contributed by atoms with Gasteiger partial charge >= 0.3 is 0 Å². The molecule has 1 aliphatic heterocycles. The molecule has 3 nitrogen and oxygen atoms in total. The predicted molar refractivity (Wildman–Crippen MR) is 61.6 cm³/mol. The Labute approximate surface area is 88.2 Å². The van der Waals surface area contributed by atoms with Crippen LogP contribution in [0.15, 0.2) is 0 Å². The number of nitrogens with one attached hydrogen (secondary N) is 2. The van der Waals surface area contributed by atoms with Gasteiger partial charge in [0.2, 0.25) is 0 Å². The first-order valence-electron chi connectivity index (χ1n) is 5.81. The Morgan fingerprint density at radius 2 is 2.29 bits per heavy atom. The van der Waals surface area contributed by atoms with Gasteiger partial charge in [0.25, 0.3) is 0 Å². The predicted octanol–water partition coefficient (Wildman–Crippen LogP) is 0.526. The quantitative estimate of drug-likeness (QED) is 0.632. The van der Waals surface area contributed by atoms with Crippen LogP contribution in [0.5, 0.6) is 0 Å². The highest BCUT2D eigenvalue weighted by atomic mass is 15.2. The number of hydrogen-bond acceptors (Lipinski definition) is 3. The zero-order chi connectivity index (χ0) is 10.4. The van der Waals surface area contributed by atoms with Crippen LogP contribution in [0.1, 0.15) is 20.3 Å². The molecule has 0 aliphatic carbocycles. The van der Waals surface area contributed by atoms with Gasteiger partial charge in [-0.15, -0.1) is 0 Å². The van der Waals surface area contributed by atoms with Crippen molar-refractivity contribution in [3.8, 4) is 0 Å². The van der Waals surface area contributed by atoms with Crippen LogP contribution in [0.3, 0.4) is 0 Å². The molecule has 0 aromatic heterocycles. The molecule has 3 heteroatoms. The number of nitrogens with zero attached hydrogens (tertiary/aromatic N) is 1. The number of rotatable bonds is 5. The van der Waals surface area contributed by atoms with Crippen LogP contribution in [0, 0.1) is 5.92 Å². The molecule has 0 spiro atoms. The maximum Gasteiger partial charge on any atom is 0.0320 e. The average molecular weight is 199 g/mol. The minimum Gasteiger partial charge on any atom is -0.315 e. The summed E-state index contributed by atoms with van der Waals surface area (Å²) in [6.45, 7) is 10.3. The Bertz CT molecular complexity index is 147. The van der Waals surface area contributed by atoms with Gasteiger partial charge in [-0.25, -0.2) is 0 Å². The molecule has 0 bridgehead atoms. The van der Waals surface area contributed by atoms with Gasteiger partial charge < -0.3 is 15.5 Å². The fourth-order valence-electron chi connectivity index (χ4n) is 1.80. The van der Waals surface area contributed by atoms with Crippen molar-refractivity contribution in [2.45, 2.75) is 26.3 Å². The fourth-order valence-corrected chi connectivity index (χ4v) is 1.80. The lowest BCUT2D eigenvalue weighted by Crippen LogP contribution is -2.53. The molecule has 1 heterocycles. The molecule has 0 aromatic carbocycles. The first-order valence-corrected chi connectivity index (χ1v) is 5.81. The van der Waals surface area contributed by atoms with Crippen molar-refractivity contribution < 1.29 is 0 Å². The molecule has 0 radical (unpaired) electrons. The van der Waals surface area contributed by atoms with Crippen LogP contribution in [0.2, 0.25) is 0 Å². The second-order valence-electron chi connectivity index (χ2n) is 4.80. The van der Waals surface area contributed by atoms with E-state index in [1.807, 2.05) is 0 Å². The molecule has 1 aliphatic rings. The molecule has 0 aromatic rings. The highest BCUT2D eigenvalue weighted by Crippen LogP contribution is 1.97. The summed E-state index contributed by atoms with van der Waals surface area (Å²) in [5, 5.41) is 7.05. The van der Waals surface area contributed by atoms with Gasteiger partial charge in [-0.05, 0) is 25.9 Å². The SMILES string of the molecule is CC(C)CCNCC1CN(C)CCN1. The average Bonchev–Trinajstić information content (AvgIpc) is 2.12. The van der Waals surface area contributed by atoms with Crippen LogP contribution in [0.25, 0.3) is 0 Å². The molecule has 0 saturated carbocycles. The highest BCUT2D eigenvalue weighted by Gasteiger charge is 2.15. The van der Waals surface area contributed by atoms with E-state index in [1.165, 1.54) is 19.5 Å². The Morgan fingerprint density at radius 3 is 2.93 bits per heavy atom. The van der Waals surface area contributed by atoms with E-state index < -0.39 is 0 Å². The van der Waals surface area contributed by atoms with E-state index in [-0.39, 0.29) is 0 Å². The van der Waals surface area contributed by atoms with Crippen molar-refractivity contribution in [2.75, 3.05) is 39.8 Å². The standard InChI is InChI=1S/C11H25N3/c1-10(2)4-5-12-8-11-9-14(3)7-6-13-11/h10-13H,4-9H2,1-3H3. The molecule has 1 fully saturated rings. The largest absolute Gasteiger partial charge is 0.315 e. The highest BCUT2D eigenvalue weighted by molar-refractivity contribution is 4.78. The van der Waals surface area contributed by atoms with Gasteiger partial charge in [0, 0.05) is 32.2 Å². The second-order valence-corrected chi connectivity index (χ2v) is 4.80. The van der Waals surface area contributed by atoms with Gasteiger partial charge in [0.05, 0.1) is 0 Å². The van der Waals surface area contributed by atoms with Gasteiger partial charge in [0.15, 0.2) is 0 Å². The number of hydrogen-bond donors (Lipinski definition) is 2. The Kier molecular flexibility index (Phi) is 5.45. The van der Waals surface area contributed by atoms with Crippen molar-refractivity contribution in [2.24, 2.45) is 5.92 Å². The lowest BCUT2D eigenvalue weighted by atomic mass is 10.1. The van der Waals surface area contributed by atoms with Crippen LogP contribution in [-0.2, 0) is 0 Å². The van der Waals surface area contributed by atoms with Crippen molar-refractivity contribution >= 4 is 0 Å². The van der Waals surface area contributed by atoms with E-state index >= 15 is 0 Å². The van der Waals surface area contributed by atoms with Crippen LogP contribution < -0.4 is 10.6 Å². The normalized spacial score (nSPS) is 24.4. The van der Waals surface area contributed by atoms with Crippen molar-refractivity contribution in [3.63, 3.8) is 0 Å². The fraction of sp³-hybridized carbons (Fsp3) is 1.00. The first kappa shape index (κ1) is 12.0. The number of piperazine rings is 1. The van der Waals surface area contributed by atoms with E-state index in [4.69, 9.17) is 0 Å². The zero-order valence-corrected chi connectivity index (χ0v) is 9.84.